The summed E-state index contributed by atoms with van der Waals surface area (Å²) >= 11 is 0. The second kappa shape index (κ2) is 9.60. The summed E-state index contributed by atoms with van der Waals surface area (Å²) in [4.78, 5) is 30.2. The maximum atomic E-state index is 12.5. The lowest BCUT2D eigenvalue weighted by Gasteiger charge is -2.17. The molecule has 3 aromatic heterocycles. The monoisotopic (exact) mass is 442 g/mol. The zero-order valence-corrected chi connectivity index (χ0v) is 19.1. The van der Waals surface area contributed by atoms with Crippen LogP contribution < -0.4 is 15.4 Å². The van der Waals surface area contributed by atoms with Crippen LogP contribution in [0.4, 0.5) is 5.82 Å². The normalized spacial score (nSPS) is 11.8. The number of amides is 1. The molecule has 4 aromatic rings. The molecule has 0 aliphatic carbocycles. The minimum absolute atomic E-state index is 0.103. The molecule has 3 heterocycles. The molecule has 0 radical (unpaired) electrons. The highest BCUT2D eigenvalue weighted by Crippen LogP contribution is 2.31. The fourth-order valence-electron chi connectivity index (χ4n) is 3.74. The number of rotatable bonds is 7. The van der Waals surface area contributed by atoms with E-state index in [1.807, 2.05) is 49.5 Å². The van der Waals surface area contributed by atoms with E-state index in [-0.39, 0.29) is 11.8 Å². The van der Waals surface area contributed by atoms with Crippen molar-refractivity contribution in [2.24, 2.45) is 0 Å². The molecule has 8 heteroatoms. The van der Waals surface area contributed by atoms with Crippen LogP contribution in [0.5, 0.6) is 5.75 Å². The van der Waals surface area contributed by atoms with Crippen molar-refractivity contribution in [1.82, 2.24) is 25.3 Å². The van der Waals surface area contributed by atoms with Crippen LogP contribution >= 0.6 is 0 Å². The molecular formula is C25H26N6O2. The summed E-state index contributed by atoms with van der Waals surface area (Å²) < 4.78 is 5.38. The van der Waals surface area contributed by atoms with Gasteiger partial charge < -0.3 is 15.4 Å². The number of anilines is 1. The van der Waals surface area contributed by atoms with Gasteiger partial charge in [-0.2, -0.15) is 0 Å². The fourth-order valence-corrected chi connectivity index (χ4v) is 3.74. The van der Waals surface area contributed by atoms with Crippen molar-refractivity contribution in [3.63, 3.8) is 0 Å². The number of hydrogen-bond acceptors (Lipinski definition) is 7. The fraction of sp³-hybridized carbons (Fsp3) is 0.240. The number of fused-ring (bicyclic) bond motifs is 1. The lowest BCUT2D eigenvalue weighted by atomic mass is 9.95. The van der Waals surface area contributed by atoms with Crippen molar-refractivity contribution >= 4 is 22.6 Å². The van der Waals surface area contributed by atoms with Crippen molar-refractivity contribution in [2.75, 3.05) is 26.0 Å². The average Bonchev–Trinajstić information content (AvgIpc) is 2.86. The Bertz CT molecular complexity index is 1290. The molecule has 0 spiro atoms. The van der Waals surface area contributed by atoms with Gasteiger partial charge in [-0.3, -0.25) is 14.8 Å². The summed E-state index contributed by atoms with van der Waals surface area (Å²) in [5.74, 6) is 1.07. The lowest BCUT2D eigenvalue weighted by Crippen LogP contribution is -2.19. The van der Waals surface area contributed by atoms with Crippen LogP contribution in [0.1, 0.15) is 34.5 Å². The van der Waals surface area contributed by atoms with Crippen LogP contribution in [0.25, 0.3) is 22.2 Å². The Balaban J connectivity index is 1.59. The third-order valence-electron chi connectivity index (χ3n) is 5.56. The van der Waals surface area contributed by atoms with Gasteiger partial charge >= 0.3 is 0 Å². The van der Waals surface area contributed by atoms with Crippen molar-refractivity contribution in [1.29, 1.82) is 0 Å². The molecule has 8 nitrogen and oxygen atoms in total. The quantitative estimate of drug-likeness (QED) is 0.446. The first kappa shape index (κ1) is 22.1. The number of nitrogens with zero attached hydrogens (tertiary/aromatic N) is 4. The first-order valence-corrected chi connectivity index (χ1v) is 10.7. The van der Waals surface area contributed by atoms with Crippen molar-refractivity contribution in [3.05, 3.63) is 71.9 Å². The molecule has 0 saturated heterocycles. The van der Waals surface area contributed by atoms with Gasteiger partial charge in [0.1, 0.15) is 12.1 Å². The Labute approximate surface area is 192 Å². The van der Waals surface area contributed by atoms with Gasteiger partial charge in [0.25, 0.3) is 5.91 Å². The topological polar surface area (TPSA) is 102 Å². The van der Waals surface area contributed by atoms with Gasteiger partial charge in [0.15, 0.2) is 5.75 Å². The van der Waals surface area contributed by atoms with E-state index in [1.54, 1.807) is 19.6 Å². The van der Waals surface area contributed by atoms with Crippen LogP contribution in [0.15, 0.2) is 55.1 Å². The molecule has 4 rings (SSSR count). The molecule has 1 unspecified atom stereocenters. The summed E-state index contributed by atoms with van der Waals surface area (Å²) in [6, 6.07) is 11.7. The minimum atomic E-state index is -0.207. The Kier molecular flexibility index (Phi) is 6.44. The summed E-state index contributed by atoms with van der Waals surface area (Å²) in [5, 5.41) is 6.84. The van der Waals surface area contributed by atoms with Gasteiger partial charge in [-0.25, -0.2) is 9.97 Å². The highest BCUT2D eigenvalue weighted by atomic mass is 16.5. The van der Waals surface area contributed by atoms with Crippen LogP contribution in [0.2, 0.25) is 0 Å². The van der Waals surface area contributed by atoms with Gasteiger partial charge in [0, 0.05) is 48.4 Å². The highest BCUT2D eigenvalue weighted by Gasteiger charge is 2.19. The van der Waals surface area contributed by atoms with E-state index in [4.69, 9.17) is 4.74 Å². The van der Waals surface area contributed by atoms with Crippen molar-refractivity contribution in [2.45, 2.75) is 19.8 Å². The molecule has 1 aromatic carbocycles. The van der Waals surface area contributed by atoms with E-state index < -0.39 is 0 Å². The second-order valence-electron chi connectivity index (χ2n) is 7.78. The van der Waals surface area contributed by atoms with E-state index in [1.165, 1.54) is 7.11 Å². The molecule has 2 N–H and O–H groups in total. The number of carbonyl (C=O) groups excluding carboxylic acids is 1. The predicted octanol–water partition coefficient (Wildman–Crippen LogP) is 3.98. The summed E-state index contributed by atoms with van der Waals surface area (Å²) in [6.45, 7) is 4.69. The summed E-state index contributed by atoms with van der Waals surface area (Å²) in [5.41, 5.74) is 5.00. The lowest BCUT2D eigenvalue weighted by molar-refractivity contribution is 0.0961. The van der Waals surface area contributed by atoms with Gasteiger partial charge in [-0.1, -0.05) is 25.1 Å². The summed E-state index contributed by atoms with van der Waals surface area (Å²) in [6.07, 6.45) is 4.95. The van der Waals surface area contributed by atoms with Crippen LogP contribution in [0.3, 0.4) is 0 Å². The molecule has 0 saturated carbocycles. The molecule has 1 amide bonds. The van der Waals surface area contributed by atoms with E-state index in [0.29, 0.717) is 17.9 Å². The SMILES string of the molecule is CNC(=O)c1c(OC)cnc2c(C(C)CNc3cc(-c4ccc(C)nc4)ncn3)cccc12. The number of aromatic nitrogens is 4. The number of carbonyl (C=O) groups is 1. The highest BCUT2D eigenvalue weighted by molar-refractivity contribution is 6.09. The zero-order chi connectivity index (χ0) is 23.4. The number of ether oxygens (including phenoxy) is 1. The Morgan fingerprint density at radius 2 is 1.94 bits per heavy atom. The first-order valence-electron chi connectivity index (χ1n) is 10.7. The Hall–Kier alpha value is -4.07. The maximum Gasteiger partial charge on any atom is 0.255 e. The van der Waals surface area contributed by atoms with Crippen LogP contribution in [0, 0.1) is 6.92 Å². The molecule has 0 fully saturated rings. The molecule has 168 valence electrons. The smallest absolute Gasteiger partial charge is 0.255 e. The Morgan fingerprint density at radius 3 is 2.67 bits per heavy atom. The first-order chi connectivity index (χ1) is 16.0. The van der Waals surface area contributed by atoms with Crippen LogP contribution in [-0.2, 0) is 0 Å². The third-order valence-corrected chi connectivity index (χ3v) is 5.56. The van der Waals surface area contributed by atoms with E-state index in [9.17, 15) is 4.79 Å². The maximum absolute atomic E-state index is 12.5. The standard InChI is InChI=1S/C25H26N6O2/c1-15(11-28-22-10-20(30-14-31-22)17-9-8-16(2)27-12-17)18-6-5-7-19-23(25(32)26-3)21(33-4)13-29-24(18)19/h5-10,12-15H,11H2,1-4H3,(H,26,32)(H,28,30,31). The molecule has 0 bridgehead atoms. The van der Waals surface area contributed by atoms with Gasteiger partial charge in [-0.05, 0) is 24.6 Å². The second-order valence-corrected chi connectivity index (χ2v) is 7.78. The number of nitrogens with one attached hydrogen (secondary N) is 2. The van der Waals surface area contributed by atoms with Gasteiger partial charge in [0.05, 0.1) is 30.1 Å². The minimum Gasteiger partial charge on any atom is -0.494 e. The van der Waals surface area contributed by atoms with Gasteiger partial charge in [-0.15, -0.1) is 0 Å². The summed E-state index contributed by atoms with van der Waals surface area (Å²) in [7, 11) is 3.14. The molecule has 1 atom stereocenters. The average molecular weight is 443 g/mol. The van der Waals surface area contributed by atoms with E-state index in [0.717, 1.165) is 39.2 Å². The number of para-hydroxylation sites is 1. The van der Waals surface area contributed by atoms with E-state index in [2.05, 4.69) is 37.5 Å². The number of aryl methyl sites for hydroxylation is 1. The zero-order valence-electron chi connectivity index (χ0n) is 19.1. The number of benzene rings is 1. The van der Waals surface area contributed by atoms with E-state index >= 15 is 0 Å². The van der Waals surface area contributed by atoms with Crippen molar-refractivity contribution < 1.29 is 9.53 Å². The van der Waals surface area contributed by atoms with Crippen molar-refractivity contribution in [3.8, 4) is 17.0 Å². The predicted molar refractivity (Wildman–Crippen MR) is 129 cm³/mol. The largest absolute Gasteiger partial charge is 0.494 e. The molecule has 0 aliphatic rings. The van der Waals surface area contributed by atoms with Gasteiger partial charge in [0.2, 0.25) is 0 Å². The number of hydrogen-bond donors (Lipinski definition) is 2. The third kappa shape index (κ3) is 4.59. The molecule has 0 aliphatic heterocycles. The Morgan fingerprint density at radius 1 is 1.09 bits per heavy atom. The molecular weight excluding hydrogens is 416 g/mol. The molecule has 33 heavy (non-hydrogen) atoms. The number of pyridine rings is 2. The van der Waals surface area contributed by atoms with Crippen LogP contribution in [-0.4, -0.2) is 46.5 Å². The number of methoxy groups -OCH3 is 1.